The van der Waals surface area contributed by atoms with Crippen molar-refractivity contribution in [3.8, 4) is 0 Å². The molecule has 0 radical (unpaired) electrons. The minimum Gasteiger partial charge on any atom is -0.260 e. The Kier molecular flexibility index (Phi) is 3.47. The predicted molar refractivity (Wildman–Crippen MR) is 85.3 cm³/mol. The van der Waals surface area contributed by atoms with Crippen LogP contribution in [0.4, 0.5) is 0 Å². The first-order valence-electron chi connectivity index (χ1n) is 6.66. The summed E-state index contributed by atoms with van der Waals surface area (Å²) >= 11 is 0. The van der Waals surface area contributed by atoms with Crippen LogP contribution < -0.4 is 0 Å². The summed E-state index contributed by atoms with van der Waals surface area (Å²) in [6.07, 6.45) is 5.54. The highest BCUT2D eigenvalue weighted by Crippen LogP contribution is 2.22. The number of rotatable bonds is 2. The quantitative estimate of drug-likeness (QED) is 0.855. The molecule has 0 saturated heterocycles. The van der Waals surface area contributed by atoms with Gasteiger partial charge < -0.3 is 0 Å². The van der Waals surface area contributed by atoms with E-state index < -0.39 is 9.84 Å². The molecule has 2 aromatic rings. The molecule has 0 saturated carbocycles. The average molecular weight is 297 g/mol. The van der Waals surface area contributed by atoms with Gasteiger partial charge in [-0.3, -0.25) is 4.99 Å². The molecule has 21 heavy (non-hydrogen) atoms. The second-order valence-corrected chi connectivity index (χ2v) is 7.02. The molecule has 0 unspecified atom stereocenters. The summed E-state index contributed by atoms with van der Waals surface area (Å²) in [5.74, 6) is 0. The van der Waals surface area contributed by atoms with E-state index >= 15 is 0 Å². The first-order valence-corrected chi connectivity index (χ1v) is 8.55. The van der Waals surface area contributed by atoms with E-state index in [-0.39, 0.29) is 0 Å². The van der Waals surface area contributed by atoms with Crippen LogP contribution in [0, 0.1) is 0 Å². The molecule has 0 atom stereocenters. The Labute approximate surface area is 124 Å². The molecule has 1 aliphatic rings. The first-order chi connectivity index (χ1) is 10.1. The molecule has 1 heterocycles. The zero-order valence-electron chi connectivity index (χ0n) is 11.7. The van der Waals surface area contributed by atoms with Crippen LogP contribution in [-0.2, 0) is 16.3 Å². The highest BCUT2D eigenvalue weighted by molar-refractivity contribution is 7.90. The molecule has 0 N–H and O–H groups in total. The molecule has 0 spiro atoms. The van der Waals surface area contributed by atoms with Gasteiger partial charge in [-0.2, -0.15) is 0 Å². The third kappa shape index (κ3) is 2.81. The van der Waals surface area contributed by atoms with Crippen molar-refractivity contribution in [1.82, 2.24) is 0 Å². The van der Waals surface area contributed by atoms with Gasteiger partial charge >= 0.3 is 0 Å². The molecule has 3 rings (SSSR count). The largest absolute Gasteiger partial charge is 0.260 e. The first kappa shape index (κ1) is 13.8. The summed E-state index contributed by atoms with van der Waals surface area (Å²) in [6.45, 7) is 0. The lowest BCUT2D eigenvalue weighted by Gasteiger charge is -2.11. The summed E-state index contributed by atoms with van der Waals surface area (Å²) in [6, 6.07) is 15.1. The minimum atomic E-state index is -3.28. The van der Waals surface area contributed by atoms with Gasteiger partial charge in [-0.25, -0.2) is 8.42 Å². The average Bonchev–Trinajstić information content (AvgIpc) is 2.68. The molecule has 0 bridgehead atoms. The van der Waals surface area contributed by atoms with Gasteiger partial charge in [0.1, 0.15) is 0 Å². The third-order valence-corrected chi connectivity index (χ3v) is 4.65. The van der Waals surface area contributed by atoms with Crippen molar-refractivity contribution >= 4 is 21.6 Å². The van der Waals surface area contributed by atoms with Crippen LogP contribution in [0.5, 0.6) is 0 Å². The maximum absolute atomic E-state index is 12.0. The fourth-order valence-electron chi connectivity index (χ4n) is 2.48. The smallest absolute Gasteiger partial charge is 0.176 e. The molecular weight excluding hydrogens is 282 g/mol. The van der Waals surface area contributed by atoms with Crippen molar-refractivity contribution in [1.29, 1.82) is 0 Å². The normalized spacial score (nSPS) is 14.2. The summed E-state index contributed by atoms with van der Waals surface area (Å²) in [5, 5.41) is 0. The lowest BCUT2D eigenvalue weighted by Crippen LogP contribution is -2.11. The van der Waals surface area contributed by atoms with Gasteiger partial charge in [0.15, 0.2) is 9.84 Å². The van der Waals surface area contributed by atoms with Crippen LogP contribution in [0.3, 0.4) is 0 Å². The van der Waals surface area contributed by atoms with Crippen molar-refractivity contribution in [2.45, 2.75) is 11.3 Å². The molecule has 0 fully saturated rings. The molecule has 106 valence electrons. The molecule has 0 amide bonds. The minimum absolute atomic E-state index is 0.330. The number of fused-ring (bicyclic) bond motifs is 1. The summed E-state index contributed by atoms with van der Waals surface area (Å²) < 4.78 is 23.9. The molecule has 3 nitrogen and oxygen atoms in total. The Morgan fingerprint density at radius 2 is 1.71 bits per heavy atom. The van der Waals surface area contributed by atoms with E-state index in [1.54, 1.807) is 18.3 Å². The van der Waals surface area contributed by atoms with Gasteiger partial charge in [0, 0.05) is 24.4 Å². The van der Waals surface area contributed by atoms with E-state index in [1.807, 2.05) is 42.5 Å². The van der Waals surface area contributed by atoms with Crippen LogP contribution >= 0.6 is 0 Å². The number of benzene rings is 2. The second-order valence-electron chi connectivity index (χ2n) is 5.04. The van der Waals surface area contributed by atoms with E-state index in [4.69, 9.17) is 0 Å². The van der Waals surface area contributed by atoms with Crippen molar-refractivity contribution in [2.24, 2.45) is 4.99 Å². The molecule has 0 aliphatic carbocycles. The number of hydrogen-bond donors (Lipinski definition) is 0. The van der Waals surface area contributed by atoms with Crippen LogP contribution in [0.1, 0.15) is 16.7 Å². The fraction of sp³-hybridized carbons (Fsp3) is 0.118. The summed E-state index contributed by atoms with van der Waals surface area (Å²) in [5.41, 5.74) is 3.72. The highest BCUT2D eigenvalue weighted by Gasteiger charge is 2.18. The van der Waals surface area contributed by atoms with Gasteiger partial charge in [-0.05, 0) is 23.3 Å². The molecule has 2 aromatic carbocycles. The van der Waals surface area contributed by atoms with E-state index in [1.165, 1.54) is 6.26 Å². The lowest BCUT2D eigenvalue weighted by atomic mass is 9.99. The summed E-state index contributed by atoms with van der Waals surface area (Å²) in [7, 11) is -3.28. The SMILES string of the molecule is CS(=O)(=O)c1ccccc1C1=NC=Cc2ccccc2C1. The number of sulfone groups is 1. The van der Waals surface area contributed by atoms with Gasteiger partial charge in [-0.15, -0.1) is 0 Å². The Morgan fingerprint density at radius 1 is 1.00 bits per heavy atom. The fourth-order valence-corrected chi connectivity index (χ4v) is 3.40. The third-order valence-electron chi connectivity index (χ3n) is 3.49. The van der Waals surface area contributed by atoms with E-state index in [9.17, 15) is 8.42 Å². The van der Waals surface area contributed by atoms with Gasteiger partial charge in [0.05, 0.1) is 10.6 Å². The topological polar surface area (TPSA) is 46.5 Å². The van der Waals surface area contributed by atoms with Crippen LogP contribution in [0.15, 0.2) is 64.6 Å². The van der Waals surface area contributed by atoms with Gasteiger partial charge in [0.25, 0.3) is 0 Å². The second kappa shape index (κ2) is 5.30. The zero-order chi connectivity index (χ0) is 14.9. The predicted octanol–water partition coefficient (Wildman–Crippen LogP) is 3.11. The van der Waals surface area contributed by atoms with Crippen molar-refractivity contribution in [3.63, 3.8) is 0 Å². The monoisotopic (exact) mass is 297 g/mol. The highest BCUT2D eigenvalue weighted by atomic mass is 32.2. The molecular formula is C17H15NO2S. The Morgan fingerprint density at radius 3 is 2.52 bits per heavy atom. The van der Waals surface area contributed by atoms with Crippen molar-refractivity contribution in [3.05, 3.63) is 71.4 Å². The van der Waals surface area contributed by atoms with Crippen LogP contribution in [0.25, 0.3) is 6.08 Å². The summed E-state index contributed by atoms with van der Waals surface area (Å²) in [4.78, 5) is 4.78. The Balaban J connectivity index is 2.12. The van der Waals surface area contributed by atoms with Gasteiger partial charge in [0.2, 0.25) is 0 Å². The number of aliphatic imine (C=N–C) groups is 1. The molecule has 4 heteroatoms. The van der Waals surface area contributed by atoms with E-state index in [0.717, 1.165) is 16.8 Å². The van der Waals surface area contributed by atoms with Crippen molar-refractivity contribution in [2.75, 3.05) is 6.26 Å². The maximum atomic E-state index is 12.0. The number of hydrogen-bond acceptors (Lipinski definition) is 3. The van der Waals surface area contributed by atoms with E-state index in [0.29, 0.717) is 16.9 Å². The zero-order valence-corrected chi connectivity index (χ0v) is 12.5. The van der Waals surface area contributed by atoms with E-state index in [2.05, 4.69) is 4.99 Å². The Bertz CT molecular complexity index is 849. The van der Waals surface area contributed by atoms with Crippen molar-refractivity contribution < 1.29 is 8.42 Å². The maximum Gasteiger partial charge on any atom is 0.176 e. The lowest BCUT2D eigenvalue weighted by molar-refractivity contribution is 0.601. The standard InChI is InChI=1S/C17H15NO2S/c1-21(19,20)17-9-5-4-8-15(17)16-12-14-7-3-2-6-13(14)10-11-18-16/h2-11H,12H2,1H3. The van der Waals surface area contributed by atoms with Crippen LogP contribution in [-0.4, -0.2) is 20.4 Å². The Hall–Kier alpha value is -2.20. The van der Waals surface area contributed by atoms with Crippen LogP contribution in [0.2, 0.25) is 0 Å². The van der Waals surface area contributed by atoms with Gasteiger partial charge in [-0.1, -0.05) is 42.5 Å². The molecule has 1 aliphatic heterocycles. The number of nitrogens with zero attached hydrogens (tertiary/aromatic N) is 1. The molecule has 0 aromatic heterocycles.